The molecule has 20 heavy (non-hydrogen) atoms. The van der Waals surface area contributed by atoms with E-state index in [-0.39, 0.29) is 12.7 Å². The Hall–Kier alpha value is -2.50. The molecule has 2 heterocycles. The summed E-state index contributed by atoms with van der Waals surface area (Å²) in [5.74, 6) is 1.13. The predicted molar refractivity (Wildman–Crippen MR) is 71.7 cm³/mol. The Labute approximate surface area is 116 Å². The molecule has 104 valence electrons. The van der Waals surface area contributed by atoms with E-state index < -0.39 is 0 Å². The molecule has 0 radical (unpaired) electrons. The molecule has 0 fully saturated rings. The number of ether oxygens (including phenoxy) is 2. The summed E-state index contributed by atoms with van der Waals surface area (Å²) in [5.41, 5.74) is 2.47. The molecule has 1 N–H and O–H groups in total. The molecule has 0 bridgehead atoms. The largest absolute Gasteiger partial charge is 0.454 e. The highest BCUT2D eigenvalue weighted by Crippen LogP contribution is 2.32. The van der Waals surface area contributed by atoms with Crippen LogP contribution < -0.4 is 14.8 Å². The Morgan fingerprint density at radius 3 is 2.95 bits per heavy atom. The van der Waals surface area contributed by atoms with Crippen LogP contribution in [0.2, 0.25) is 0 Å². The van der Waals surface area contributed by atoms with Gasteiger partial charge in [-0.25, -0.2) is 0 Å². The van der Waals surface area contributed by atoms with Crippen LogP contribution in [0.5, 0.6) is 11.5 Å². The fraction of sp³-hybridized carbons (Fsp3) is 0.286. The van der Waals surface area contributed by atoms with Gasteiger partial charge in [-0.3, -0.25) is 9.48 Å². The number of aromatic nitrogens is 2. The third-order valence-electron chi connectivity index (χ3n) is 3.19. The van der Waals surface area contributed by atoms with Gasteiger partial charge in [0.2, 0.25) is 6.79 Å². The van der Waals surface area contributed by atoms with Crippen molar-refractivity contribution in [2.24, 2.45) is 7.05 Å². The van der Waals surface area contributed by atoms with E-state index in [2.05, 4.69) is 10.4 Å². The first-order chi connectivity index (χ1) is 9.63. The summed E-state index contributed by atoms with van der Waals surface area (Å²) in [7, 11) is 1.86. The van der Waals surface area contributed by atoms with Crippen molar-refractivity contribution in [1.29, 1.82) is 0 Å². The molecule has 1 amide bonds. The Balaban J connectivity index is 1.69. The SMILES string of the molecule is Cc1nn(C)cc1CNC(=O)c1ccc2c(c1)OCO2. The molecule has 3 rings (SSSR count). The van der Waals surface area contributed by atoms with Crippen molar-refractivity contribution >= 4 is 5.91 Å². The maximum absolute atomic E-state index is 12.1. The predicted octanol–water partition coefficient (Wildman–Crippen LogP) is 1.39. The van der Waals surface area contributed by atoms with Crippen LogP contribution in [0.1, 0.15) is 21.6 Å². The van der Waals surface area contributed by atoms with Gasteiger partial charge in [0, 0.05) is 30.9 Å². The van der Waals surface area contributed by atoms with Crippen molar-refractivity contribution in [3.8, 4) is 11.5 Å². The minimum atomic E-state index is -0.147. The van der Waals surface area contributed by atoms with Crippen LogP contribution in [0.15, 0.2) is 24.4 Å². The van der Waals surface area contributed by atoms with Gasteiger partial charge in [-0.05, 0) is 25.1 Å². The zero-order valence-electron chi connectivity index (χ0n) is 11.3. The van der Waals surface area contributed by atoms with Crippen molar-refractivity contribution in [1.82, 2.24) is 15.1 Å². The van der Waals surface area contributed by atoms with Crippen molar-refractivity contribution in [2.75, 3.05) is 6.79 Å². The van der Waals surface area contributed by atoms with Crippen LogP contribution in [0, 0.1) is 6.92 Å². The van der Waals surface area contributed by atoms with E-state index in [4.69, 9.17) is 9.47 Å². The summed E-state index contributed by atoms with van der Waals surface area (Å²) >= 11 is 0. The van der Waals surface area contributed by atoms with Crippen LogP contribution in [0.3, 0.4) is 0 Å². The van der Waals surface area contributed by atoms with Crippen LogP contribution in [0.4, 0.5) is 0 Å². The third kappa shape index (κ3) is 2.32. The Bertz CT molecular complexity index is 664. The topological polar surface area (TPSA) is 65.4 Å². The molecular formula is C14H15N3O3. The van der Waals surface area contributed by atoms with Gasteiger partial charge in [-0.15, -0.1) is 0 Å². The average molecular weight is 273 g/mol. The van der Waals surface area contributed by atoms with E-state index in [0.717, 1.165) is 11.3 Å². The Kier molecular flexibility index (Phi) is 3.06. The first-order valence-electron chi connectivity index (χ1n) is 6.30. The number of carbonyl (C=O) groups excluding carboxylic acids is 1. The number of nitrogens with one attached hydrogen (secondary N) is 1. The number of carbonyl (C=O) groups is 1. The molecule has 0 saturated heterocycles. The van der Waals surface area contributed by atoms with Crippen LogP contribution >= 0.6 is 0 Å². The molecule has 0 aliphatic carbocycles. The van der Waals surface area contributed by atoms with Gasteiger partial charge < -0.3 is 14.8 Å². The molecule has 0 spiro atoms. The van der Waals surface area contributed by atoms with E-state index in [1.54, 1.807) is 22.9 Å². The van der Waals surface area contributed by atoms with Crippen LogP contribution in [0.25, 0.3) is 0 Å². The van der Waals surface area contributed by atoms with Crippen molar-refractivity contribution < 1.29 is 14.3 Å². The van der Waals surface area contributed by atoms with Crippen LogP contribution in [-0.4, -0.2) is 22.5 Å². The van der Waals surface area contributed by atoms with Gasteiger partial charge in [-0.1, -0.05) is 0 Å². The number of hydrogen-bond donors (Lipinski definition) is 1. The van der Waals surface area contributed by atoms with Crippen molar-refractivity contribution in [2.45, 2.75) is 13.5 Å². The number of fused-ring (bicyclic) bond motifs is 1. The summed E-state index contributed by atoms with van der Waals surface area (Å²) < 4.78 is 12.2. The van der Waals surface area contributed by atoms with Crippen LogP contribution in [-0.2, 0) is 13.6 Å². The number of nitrogens with zero attached hydrogens (tertiary/aromatic N) is 2. The number of amides is 1. The van der Waals surface area contributed by atoms with E-state index in [1.165, 1.54) is 0 Å². The number of benzene rings is 1. The quantitative estimate of drug-likeness (QED) is 0.917. The van der Waals surface area contributed by atoms with Crippen molar-refractivity contribution in [3.05, 3.63) is 41.2 Å². The highest BCUT2D eigenvalue weighted by molar-refractivity contribution is 5.94. The standard InChI is InChI=1S/C14H15N3O3/c1-9-11(7-17(2)16-9)6-15-14(18)10-3-4-12-13(5-10)20-8-19-12/h3-5,7H,6,8H2,1-2H3,(H,15,18). The lowest BCUT2D eigenvalue weighted by molar-refractivity contribution is 0.0950. The van der Waals surface area contributed by atoms with Crippen molar-refractivity contribution in [3.63, 3.8) is 0 Å². The smallest absolute Gasteiger partial charge is 0.251 e. The third-order valence-corrected chi connectivity index (χ3v) is 3.19. The van der Waals surface area contributed by atoms with Gasteiger partial charge in [0.1, 0.15) is 0 Å². The highest BCUT2D eigenvalue weighted by Gasteiger charge is 2.16. The zero-order valence-corrected chi connectivity index (χ0v) is 11.3. The number of aryl methyl sites for hydroxylation is 2. The first-order valence-corrected chi connectivity index (χ1v) is 6.30. The molecule has 0 unspecified atom stereocenters. The van der Waals surface area contributed by atoms with Gasteiger partial charge in [0.25, 0.3) is 5.91 Å². The van der Waals surface area contributed by atoms with Gasteiger partial charge >= 0.3 is 0 Å². The summed E-state index contributed by atoms with van der Waals surface area (Å²) in [5, 5.41) is 7.11. The van der Waals surface area contributed by atoms with Gasteiger partial charge in [0.15, 0.2) is 11.5 Å². The fourth-order valence-corrected chi connectivity index (χ4v) is 2.14. The molecule has 6 nitrogen and oxygen atoms in total. The average Bonchev–Trinajstić information content (AvgIpc) is 3.01. The molecule has 1 aromatic heterocycles. The monoisotopic (exact) mass is 273 g/mol. The molecule has 0 saturated carbocycles. The number of rotatable bonds is 3. The second-order valence-corrected chi connectivity index (χ2v) is 4.66. The van der Waals surface area contributed by atoms with Gasteiger partial charge in [0.05, 0.1) is 5.69 Å². The zero-order chi connectivity index (χ0) is 14.1. The minimum Gasteiger partial charge on any atom is -0.454 e. The molecular weight excluding hydrogens is 258 g/mol. The summed E-state index contributed by atoms with van der Waals surface area (Å²) in [4.78, 5) is 12.1. The molecule has 1 aliphatic rings. The Morgan fingerprint density at radius 1 is 1.40 bits per heavy atom. The molecule has 2 aromatic rings. The molecule has 1 aromatic carbocycles. The minimum absolute atomic E-state index is 0.147. The maximum Gasteiger partial charge on any atom is 0.251 e. The van der Waals surface area contributed by atoms with E-state index in [0.29, 0.717) is 23.6 Å². The summed E-state index contributed by atoms with van der Waals surface area (Å²) in [6, 6.07) is 5.15. The maximum atomic E-state index is 12.1. The second-order valence-electron chi connectivity index (χ2n) is 4.66. The first kappa shape index (κ1) is 12.5. The Morgan fingerprint density at radius 2 is 2.20 bits per heavy atom. The fourth-order valence-electron chi connectivity index (χ4n) is 2.14. The second kappa shape index (κ2) is 4.88. The van der Waals surface area contributed by atoms with Gasteiger partial charge in [-0.2, -0.15) is 5.10 Å². The van der Waals surface area contributed by atoms with E-state index >= 15 is 0 Å². The van der Waals surface area contributed by atoms with E-state index in [9.17, 15) is 4.79 Å². The lowest BCUT2D eigenvalue weighted by atomic mass is 10.2. The van der Waals surface area contributed by atoms with E-state index in [1.807, 2.05) is 20.2 Å². The molecule has 1 aliphatic heterocycles. The normalized spacial score (nSPS) is 12.5. The lowest BCUT2D eigenvalue weighted by Crippen LogP contribution is -2.22. The molecule has 6 heteroatoms. The highest BCUT2D eigenvalue weighted by atomic mass is 16.7. The summed E-state index contributed by atoms with van der Waals surface area (Å²) in [6.07, 6.45) is 1.90. The summed E-state index contributed by atoms with van der Waals surface area (Å²) in [6.45, 7) is 2.57. The molecule has 0 atom stereocenters. The number of hydrogen-bond acceptors (Lipinski definition) is 4. The lowest BCUT2D eigenvalue weighted by Gasteiger charge is -2.05.